The third kappa shape index (κ3) is 2.47. The zero-order chi connectivity index (χ0) is 19.7. The lowest BCUT2D eigenvalue weighted by Crippen LogP contribution is -2.34. The Kier molecular flexibility index (Phi) is 3.77. The van der Waals surface area contributed by atoms with Gasteiger partial charge in [0.15, 0.2) is 0 Å². The van der Waals surface area contributed by atoms with Crippen molar-refractivity contribution in [2.45, 2.75) is 58.3 Å². The van der Waals surface area contributed by atoms with Gasteiger partial charge in [-0.2, -0.15) is 0 Å². The fourth-order valence-electron chi connectivity index (χ4n) is 5.15. The number of hydrogen-bond donors (Lipinski definition) is 0. The molecular weight excluding hydrogens is 358 g/mol. The van der Waals surface area contributed by atoms with Gasteiger partial charge in [-0.05, 0) is 59.4 Å². The molecule has 2 aromatic heterocycles. The van der Waals surface area contributed by atoms with E-state index in [0.29, 0.717) is 0 Å². The van der Waals surface area contributed by atoms with Crippen LogP contribution in [0.5, 0.6) is 0 Å². The van der Waals surface area contributed by atoms with Crippen LogP contribution in [0, 0.1) is 6.92 Å². The second-order valence-corrected chi connectivity index (χ2v) is 10.6. The van der Waals surface area contributed by atoms with E-state index >= 15 is 0 Å². The maximum Gasteiger partial charge on any atom is 0.0880 e. The van der Waals surface area contributed by atoms with Crippen molar-refractivity contribution in [3.05, 3.63) is 65.4 Å². The predicted molar refractivity (Wildman–Crippen MR) is 123 cm³/mol. The number of pyridine rings is 1. The molecule has 1 aliphatic rings. The molecule has 142 valence electrons. The number of nitrogens with zero attached hydrogens (tertiary/aromatic N) is 1. The largest absolute Gasteiger partial charge is 0.255 e. The van der Waals surface area contributed by atoms with Crippen LogP contribution in [0.3, 0.4) is 0 Å². The Morgan fingerprint density at radius 1 is 0.929 bits per heavy atom. The quantitative estimate of drug-likeness (QED) is 0.326. The highest BCUT2D eigenvalue weighted by molar-refractivity contribution is 7.26. The van der Waals surface area contributed by atoms with E-state index in [1.807, 2.05) is 17.5 Å². The first kappa shape index (κ1) is 17.9. The first-order chi connectivity index (χ1) is 13.3. The molecule has 0 saturated carbocycles. The van der Waals surface area contributed by atoms with Gasteiger partial charge in [0.05, 0.1) is 10.4 Å². The maximum absolute atomic E-state index is 4.77. The van der Waals surface area contributed by atoms with Gasteiger partial charge in [-0.1, -0.05) is 58.0 Å². The Balaban J connectivity index is 1.90. The molecule has 0 bridgehead atoms. The van der Waals surface area contributed by atoms with Crippen LogP contribution < -0.4 is 0 Å². The fraction of sp³-hybridized carbons (Fsp3) is 0.346. The molecule has 0 radical (unpaired) electrons. The molecular formula is C26H27NS. The third-order valence-electron chi connectivity index (χ3n) is 6.76. The van der Waals surface area contributed by atoms with Crippen LogP contribution in [-0.2, 0) is 10.8 Å². The maximum atomic E-state index is 4.77. The normalized spacial score (nSPS) is 17.8. The molecule has 0 amide bonds. The highest BCUT2D eigenvalue weighted by atomic mass is 32.1. The minimum Gasteiger partial charge on any atom is -0.255 e. The minimum atomic E-state index is 0.229. The molecule has 4 aromatic rings. The number of aryl methyl sites for hydroxylation is 1. The molecule has 1 aliphatic carbocycles. The lowest BCUT2D eigenvalue weighted by Gasteiger charge is -2.43. The zero-order valence-electron chi connectivity index (χ0n) is 17.4. The second kappa shape index (κ2) is 5.90. The van der Waals surface area contributed by atoms with E-state index in [1.165, 1.54) is 44.1 Å². The zero-order valence-corrected chi connectivity index (χ0v) is 18.2. The summed E-state index contributed by atoms with van der Waals surface area (Å²) in [5.74, 6) is 0. The van der Waals surface area contributed by atoms with Crippen molar-refractivity contribution in [1.82, 2.24) is 4.98 Å². The molecule has 0 spiro atoms. The number of benzene rings is 2. The monoisotopic (exact) mass is 385 g/mol. The SMILES string of the molecule is Cc1c2c(cc3sc4c(-c5ccccc5)nccc4c13)C(C)(C)CCC2(C)C. The lowest BCUT2D eigenvalue weighted by molar-refractivity contribution is 0.331. The number of aromatic nitrogens is 1. The van der Waals surface area contributed by atoms with E-state index in [9.17, 15) is 0 Å². The van der Waals surface area contributed by atoms with Crippen LogP contribution in [0.15, 0.2) is 48.7 Å². The number of hydrogen-bond acceptors (Lipinski definition) is 2. The van der Waals surface area contributed by atoms with Crippen LogP contribution >= 0.6 is 11.3 Å². The summed E-state index contributed by atoms with van der Waals surface area (Å²) in [4.78, 5) is 4.77. The van der Waals surface area contributed by atoms with Gasteiger partial charge in [-0.15, -0.1) is 11.3 Å². The molecule has 28 heavy (non-hydrogen) atoms. The van der Waals surface area contributed by atoms with Gasteiger partial charge in [0, 0.05) is 27.2 Å². The minimum absolute atomic E-state index is 0.229. The topological polar surface area (TPSA) is 12.9 Å². The summed E-state index contributed by atoms with van der Waals surface area (Å²) < 4.78 is 2.71. The molecule has 0 N–H and O–H groups in total. The van der Waals surface area contributed by atoms with Crippen molar-refractivity contribution in [1.29, 1.82) is 0 Å². The Bertz CT molecular complexity index is 1210. The van der Waals surface area contributed by atoms with E-state index in [1.54, 1.807) is 11.1 Å². The molecule has 5 rings (SSSR count). The predicted octanol–water partition coefficient (Wildman–Crippen LogP) is 7.77. The molecule has 2 heteroatoms. The first-order valence-electron chi connectivity index (χ1n) is 10.2. The highest BCUT2D eigenvalue weighted by Crippen LogP contribution is 2.51. The summed E-state index contributed by atoms with van der Waals surface area (Å²) in [6.45, 7) is 12.0. The van der Waals surface area contributed by atoms with Gasteiger partial charge in [0.25, 0.3) is 0 Å². The summed E-state index contributed by atoms with van der Waals surface area (Å²) in [7, 11) is 0. The number of fused-ring (bicyclic) bond motifs is 4. The average Bonchev–Trinajstić information content (AvgIpc) is 3.05. The van der Waals surface area contributed by atoms with E-state index in [-0.39, 0.29) is 10.8 Å². The summed E-state index contributed by atoms with van der Waals surface area (Å²) in [6.07, 6.45) is 4.47. The van der Waals surface area contributed by atoms with Crippen molar-refractivity contribution < 1.29 is 0 Å². The summed E-state index contributed by atoms with van der Waals surface area (Å²) in [6, 6.07) is 15.3. The van der Waals surface area contributed by atoms with Crippen molar-refractivity contribution >= 4 is 31.5 Å². The smallest absolute Gasteiger partial charge is 0.0880 e. The summed E-state index contributed by atoms with van der Waals surface area (Å²) in [5.41, 5.74) is 7.37. The Hall–Kier alpha value is -2.19. The van der Waals surface area contributed by atoms with Crippen LogP contribution in [0.2, 0.25) is 0 Å². The molecule has 0 fully saturated rings. The summed E-state index contributed by atoms with van der Waals surface area (Å²) >= 11 is 1.91. The summed E-state index contributed by atoms with van der Waals surface area (Å²) in [5, 5.41) is 2.79. The van der Waals surface area contributed by atoms with Gasteiger partial charge < -0.3 is 0 Å². The molecule has 1 nitrogen and oxygen atoms in total. The van der Waals surface area contributed by atoms with Crippen molar-refractivity contribution in [2.75, 3.05) is 0 Å². The lowest BCUT2D eigenvalue weighted by atomic mass is 9.62. The van der Waals surface area contributed by atoms with E-state index in [4.69, 9.17) is 4.98 Å². The number of thiophene rings is 1. The average molecular weight is 386 g/mol. The Labute approximate surface area is 171 Å². The van der Waals surface area contributed by atoms with E-state index < -0.39 is 0 Å². The fourth-order valence-corrected chi connectivity index (χ4v) is 6.46. The Morgan fingerprint density at radius 3 is 2.39 bits per heavy atom. The second-order valence-electron chi connectivity index (χ2n) is 9.57. The van der Waals surface area contributed by atoms with Gasteiger partial charge in [-0.3, -0.25) is 4.98 Å². The van der Waals surface area contributed by atoms with E-state index in [0.717, 1.165) is 5.69 Å². The molecule has 2 aromatic carbocycles. The van der Waals surface area contributed by atoms with Crippen LogP contribution in [0.1, 0.15) is 57.2 Å². The van der Waals surface area contributed by atoms with Crippen LogP contribution in [0.25, 0.3) is 31.4 Å². The van der Waals surface area contributed by atoms with Gasteiger partial charge in [0.2, 0.25) is 0 Å². The van der Waals surface area contributed by atoms with Gasteiger partial charge >= 0.3 is 0 Å². The third-order valence-corrected chi connectivity index (χ3v) is 7.91. The number of rotatable bonds is 1. The van der Waals surface area contributed by atoms with Crippen molar-refractivity contribution in [3.63, 3.8) is 0 Å². The molecule has 0 unspecified atom stereocenters. The van der Waals surface area contributed by atoms with Crippen LogP contribution in [-0.4, -0.2) is 4.98 Å². The Morgan fingerprint density at radius 2 is 1.64 bits per heavy atom. The van der Waals surface area contributed by atoms with Crippen molar-refractivity contribution in [3.8, 4) is 11.3 Å². The van der Waals surface area contributed by atoms with Crippen molar-refractivity contribution in [2.24, 2.45) is 0 Å². The molecule has 0 saturated heterocycles. The molecule has 0 aliphatic heterocycles. The first-order valence-corrected chi connectivity index (χ1v) is 11.0. The van der Waals surface area contributed by atoms with Gasteiger partial charge in [-0.25, -0.2) is 0 Å². The molecule has 0 atom stereocenters. The van der Waals surface area contributed by atoms with Crippen LogP contribution in [0.4, 0.5) is 0 Å². The highest BCUT2D eigenvalue weighted by Gasteiger charge is 2.39. The van der Waals surface area contributed by atoms with E-state index in [2.05, 4.69) is 77.1 Å². The standard InChI is InChI=1S/C26H27NS/c1-16-21-18-11-14-27-23(17-9-7-6-8-10-17)24(18)28-20(21)15-19-22(16)26(4,5)13-12-25(19,2)3/h6-11,14-15H,12-13H2,1-5H3. The van der Waals surface area contributed by atoms with Gasteiger partial charge in [0.1, 0.15) is 0 Å². The molecule has 2 heterocycles.